The van der Waals surface area contributed by atoms with Crippen LogP contribution >= 0.6 is 0 Å². The summed E-state index contributed by atoms with van der Waals surface area (Å²) in [5.74, 6) is -0.132. The monoisotopic (exact) mass is 291 g/mol. The molecule has 1 aliphatic heterocycles. The highest BCUT2D eigenvalue weighted by molar-refractivity contribution is 5.89. The maximum atomic E-state index is 12.4. The van der Waals surface area contributed by atoms with E-state index in [0.29, 0.717) is 32.5 Å². The molecule has 2 amide bonds. The Kier molecular flexibility index (Phi) is 5.14. The average molecular weight is 291 g/mol. The predicted octanol–water partition coefficient (Wildman–Crippen LogP) is 0.365. The largest absolute Gasteiger partial charge is 0.344 e. The number of aromatic nitrogens is 1. The van der Waals surface area contributed by atoms with Crippen LogP contribution in [0.3, 0.4) is 0 Å². The lowest BCUT2D eigenvalue weighted by Gasteiger charge is -2.24. The van der Waals surface area contributed by atoms with E-state index in [9.17, 15) is 14.4 Å². The highest BCUT2D eigenvalue weighted by Crippen LogP contribution is 2.08. The lowest BCUT2D eigenvalue weighted by atomic mass is 10.1. The van der Waals surface area contributed by atoms with Crippen molar-refractivity contribution >= 4 is 11.8 Å². The van der Waals surface area contributed by atoms with E-state index in [4.69, 9.17) is 0 Å². The maximum absolute atomic E-state index is 12.4. The van der Waals surface area contributed by atoms with Crippen LogP contribution in [0.25, 0.3) is 0 Å². The maximum Gasteiger partial charge on any atom is 0.250 e. The van der Waals surface area contributed by atoms with Gasteiger partial charge in [0.15, 0.2) is 0 Å². The van der Waals surface area contributed by atoms with Gasteiger partial charge in [-0.1, -0.05) is 19.4 Å². The fourth-order valence-electron chi connectivity index (χ4n) is 2.48. The first-order chi connectivity index (χ1) is 10.1. The summed E-state index contributed by atoms with van der Waals surface area (Å²) in [6.45, 7) is 3.28. The Morgan fingerprint density at radius 2 is 2.05 bits per heavy atom. The third-order valence-corrected chi connectivity index (χ3v) is 3.64. The second kappa shape index (κ2) is 7.06. The second-order valence-corrected chi connectivity index (χ2v) is 5.22. The molecular weight excluding hydrogens is 270 g/mol. The molecule has 0 saturated carbocycles. The summed E-state index contributed by atoms with van der Waals surface area (Å²) in [5, 5.41) is 2.77. The molecule has 21 heavy (non-hydrogen) atoms. The number of pyridine rings is 1. The molecule has 0 spiro atoms. The van der Waals surface area contributed by atoms with Gasteiger partial charge >= 0.3 is 0 Å². The number of carbonyl (C=O) groups is 2. The number of nitrogens with zero attached hydrogens (tertiary/aromatic N) is 2. The predicted molar refractivity (Wildman–Crippen MR) is 78.7 cm³/mol. The van der Waals surface area contributed by atoms with Crippen LogP contribution in [-0.2, 0) is 16.1 Å². The molecule has 0 aromatic carbocycles. The van der Waals surface area contributed by atoms with Gasteiger partial charge in [-0.05, 0) is 12.5 Å². The first kappa shape index (κ1) is 15.3. The molecule has 1 N–H and O–H groups in total. The summed E-state index contributed by atoms with van der Waals surface area (Å²) in [6, 6.07) is 4.54. The van der Waals surface area contributed by atoms with Crippen LogP contribution in [0.5, 0.6) is 0 Å². The quantitative estimate of drug-likeness (QED) is 0.852. The minimum Gasteiger partial charge on any atom is -0.344 e. The summed E-state index contributed by atoms with van der Waals surface area (Å²) < 4.78 is 1.57. The van der Waals surface area contributed by atoms with E-state index in [1.165, 1.54) is 6.07 Å². The molecule has 1 fully saturated rings. The van der Waals surface area contributed by atoms with Crippen molar-refractivity contribution in [3.05, 3.63) is 34.7 Å². The zero-order valence-electron chi connectivity index (χ0n) is 12.2. The summed E-state index contributed by atoms with van der Waals surface area (Å²) in [6.07, 6.45) is 3.50. The summed E-state index contributed by atoms with van der Waals surface area (Å²) >= 11 is 0. The van der Waals surface area contributed by atoms with E-state index >= 15 is 0 Å². The standard InChI is InChI=1S/C15H21N3O3/c1-2-5-12-15(21)18(9-7-13(19)16-12)11-10-17-8-4-3-6-14(17)20/h3-4,6,8,12H,2,5,7,9-11H2,1H3,(H,16,19). The van der Waals surface area contributed by atoms with E-state index in [2.05, 4.69) is 5.32 Å². The van der Waals surface area contributed by atoms with Crippen LogP contribution in [-0.4, -0.2) is 40.4 Å². The van der Waals surface area contributed by atoms with Crippen molar-refractivity contribution < 1.29 is 9.59 Å². The lowest BCUT2D eigenvalue weighted by Crippen LogP contribution is -2.45. The Morgan fingerprint density at radius 1 is 1.24 bits per heavy atom. The summed E-state index contributed by atoms with van der Waals surface area (Å²) in [7, 11) is 0. The van der Waals surface area contributed by atoms with Gasteiger partial charge in [0.25, 0.3) is 5.56 Å². The average Bonchev–Trinajstić information content (AvgIpc) is 2.60. The van der Waals surface area contributed by atoms with Crippen molar-refractivity contribution in [2.24, 2.45) is 0 Å². The molecule has 1 unspecified atom stereocenters. The van der Waals surface area contributed by atoms with Crippen molar-refractivity contribution in [3.63, 3.8) is 0 Å². The molecule has 0 radical (unpaired) electrons. The smallest absolute Gasteiger partial charge is 0.250 e. The number of hydrogen-bond acceptors (Lipinski definition) is 3. The SMILES string of the molecule is CCCC1NC(=O)CCN(CCn2ccccc2=O)C1=O. The fraction of sp³-hybridized carbons (Fsp3) is 0.533. The molecule has 1 aliphatic rings. The summed E-state index contributed by atoms with van der Waals surface area (Å²) in [4.78, 5) is 37.4. The van der Waals surface area contributed by atoms with Crippen molar-refractivity contribution in [3.8, 4) is 0 Å². The third-order valence-electron chi connectivity index (χ3n) is 3.64. The van der Waals surface area contributed by atoms with Crippen LogP contribution in [0.2, 0.25) is 0 Å². The molecule has 1 saturated heterocycles. The van der Waals surface area contributed by atoms with Crippen LogP contribution in [0.15, 0.2) is 29.2 Å². The summed E-state index contributed by atoms with van der Waals surface area (Å²) in [5.41, 5.74) is -0.0842. The van der Waals surface area contributed by atoms with E-state index in [1.54, 1.807) is 27.8 Å². The lowest BCUT2D eigenvalue weighted by molar-refractivity contribution is -0.133. The zero-order valence-corrected chi connectivity index (χ0v) is 12.2. The Hall–Kier alpha value is -2.11. The molecule has 6 heteroatoms. The number of rotatable bonds is 5. The fourth-order valence-corrected chi connectivity index (χ4v) is 2.48. The van der Waals surface area contributed by atoms with Crippen LogP contribution < -0.4 is 10.9 Å². The van der Waals surface area contributed by atoms with E-state index in [1.807, 2.05) is 6.92 Å². The van der Waals surface area contributed by atoms with Gasteiger partial charge in [0.2, 0.25) is 11.8 Å². The number of nitrogens with one attached hydrogen (secondary N) is 1. The molecule has 2 heterocycles. The molecule has 2 rings (SSSR count). The van der Waals surface area contributed by atoms with Gasteiger partial charge in [-0.3, -0.25) is 14.4 Å². The van der Waals surface area contributed by atoms with Gasteiger partial charge < -0.3 is 14.8 Å². The molecule has 1 aromatic heterocycles. The number of amides is 2. The molecule has 6 nitrogen and oxygen atoms in total. The van der Waals surface area contributed by atoms with Gasteiger partial charge in [0.05, 0.1) is 0 Å². The van der Waals surface area contributed by atoms with Gasteiger partial charge in [0, 0.05) is 38.3 Å². The van der Waals surface area contributed by atoms with Crippen molar-refractivity contribution in [2.75, 3.05) is 13.1 Å². The Bertz CT molecular complexity index is 567. The minimum absolute atomic E-state index is 0.0494. The Morgan fingerprint density at radius 3 is 2.76 bits per heavy atom. The van der Waals surface area contributed by atoms with Gasteiger partial charge in [-0.15, -0.1) is 0 Å². The molecule has 0 aliphatic carbocycles. The molecular formula is C15H21N3O3. The highest BCUT2D eigenvalue weighted by Gasteiger charge is 2.28. The van der Waals surface area contributed by atoms with E-state index < -0.39 is 6.04 Å². The molecule has 1 aromatic rings. The van der Waals surface area contributed by atoms with Gasteiger partial charge in [0.1, 0.15) is 6.04 Å². The molecule has 114 valence electrons. The van der Waals surface area contributed by atoms with E-state index in [-0.39, 0.29) is 17.4 Å². The van der Waals surface area contributed by atoms with Crippen LogP contribution in [0.4, 0.5) is 0 Å². The van der Waals surface area contributed by atoms with Crippen molar-refractivity contribution in [2.45, 2.75) is 38.8 Å². The Balaban J connectivity index is 2.04. The van der Waals surface area contributed by atoms with Crippen molar-refractivity contribution in [1.29, 1.82) is 0 Å². The minimum atomic E-state index is -0.433. The second-order valence-electron chi connectivity index (χ2n) is 5.22. The number of carbonyl (C=O) groups excluding carboxylic acids is 2. The van der Waals surface area contributed by atoms with Gasteiger partial charge in [-0.2, -0.15) is 0 Å². The van der Waals surface area contributed by atoms with E-state index in [0.717, 1.165) is 6.42 Å². The third kappa shape index (κ3) is 3.93. The number of hydrogen-bond donors (Lipinski definition) is 1. The highest BCUT2D eigenvalue weighted by atomic mass is 16.2. The zero-order chi connectivity index (χ0) is 15.2. The normalized spacial score (nSPS) is 19.3. The first-order valence-corrected chi connectivity index (χ1v) is 7.35. The first-order valence-electron chi connectivity index (χ1n) is 7.35. The topological polar surface area (TPSA) is 71.4 Å². The molecule has 0 bridgehead atoms. The van der Waals surface area contributed by atoms with Crippen LogP contribution in [0.1, 0.15) is 26.2 Å². The Labute approximate surface area is 123 Å². The molecule has 1 atom stereocenters. The van der Waals surface area contributed by atoms with Crippen molar-refractivity contribution in [1.82, 2.24) is 14.8 Å². The van der Waals surface area contributed by atoms with Gasteiger partial charge in [-0.25, -0.2) is 0 Å². The van der Waals surface area contributed by atoms with Crippen LogP contribution in [0, 0.1) is 0 Å².